The van der Waals surface area contributed by atoms with E-state index in [1.807, 2.05) is 4.72 Å². The lowest BCUT2D eigenvalue weighted by Crippen LogP contribution is -2.34. The van der Waals surface area contributed by atoms with Crippen LogP contribution in [0.25, 0.3) is 0 Å². The van der Waals surface area contributed by atoms with Crippen LogP contribution in [-0.2, 0) is 10.0 Å². The highest BCUT2D eigenvalue weighted by atomic mass is 32.2. The largest absolute Gasteiger partial charge is 0.478 e. The molecule has 2 aromatic rings. The van der Waals surface area contributed by atoms with Crippen molar-refractivity contribution in [2.45, 2.75) is 11.8 Å². The summed E-state index contributed by atoms with van der Waals surface area (Å²) in [5.74, 6) is -1.09. The molecule has 23 heavy (non-hydrogen) atoms. The Kier molecular flexibility index (Phi) is 4.65. The first-order chi connectivity index (χ1) is 10.8. The molecule has 0 spiro atoms. The average Bonchev–Trinajstić information content (AvgIpc) is 2.47. The van der Waals surface area contributed by atoms with Crippen LogP contribution in [0.1, 0.15) is 15.9 Å². The third kappa shape index (κ3) is 4.30. The zero-order valence-corrected chi connectivity index (χ0v) is 12.9. The van der Waals surface area contributed by atoms with Gasteiger partial charge in [0.1, 0.15) is 0 Å². The van der Waals surface area contributed by atoms with Crippen LogP contribution in [0.4, 0.5) is 10.5 Å². The van der Waals surface area contributed by atoms with Gasteiger partial charge in [0.15, 0.2) is 0 Å². The van der Waals surface area contributed by atoms with Crippen LogP contribution in [0.5, 0.6) is 0 Å². The van der Waals surface area contributed by atoms with Crippen LogP contribution in [0.2, 0.25) is 0 Å². The zero-order chi connectivity index (χ0) is 17.0. The molecule has 0 aliphatic carbocycles. The molecule has 8 heteroatoms. The van der Waals surface area contributed by atoms with Crippen LogP contribution in [0.15, 0.2) is 53.4 Å². The van der Waals surface area contributed by atoms with Gasteiger partial charge >= 0.3 is 12.0 Å². The smallest absolute Gasteiger partial charge is 0.335 e. The molecule has 0 saturated carbocycles. The van der Waals surface area contributed by atoms with Crippen LogP contribution >= 0.6 is 0 Å². The van der Waals surface area contributed by atoms with Gasteiger partial charge in [-0.15, -0.1) is 0 Å². The van der Waals surface area contributed by atoms with E-state index in [0.717, 1.165) is 5.56 Å². The third-order valence-corrected chi connectivity index (χ3v) is 4.25. The van der Waals surface area contributed by atoms with Crippen molar-refractivity contribution >= 4 is 27.7 Å². The number of carbonyl (C=O) groups excluding carboxylic acids is 1. The maximum atomic E-state index is 12.1. The first kappa shape index (κ1) is 16.5. The van der Waals surface area contributed by atoms with E-state index in [1.54, 1.807) is 19.1 Å². The van der Waals surface area contributed by atoms with Gasteiger partial charge in [0.05, 0.1) is 10.5 Å². The number of urea groups is 1. The number of carbonyl (C=O) groups is 2. The number of nitrogens with one attached hydrogen (secondary N) is 2. The molecule has 0 atom stereocenters. The Morgan fingerprint density at radius 1 is 1.04 bits per heavy atom. The number of benzene rings is 2. The minimum atomic E-state index is -3.98. The summed E-state index contributed by atoms with van der Waals surface area (Å²) in [5.41, 5.74) is 1.08. The van der Waals surface area contributed by atoms with Crippen molar-refractivity contribution in [2.24, 2.45) is 0 Å². The summed E-state index contributed by atoms with van der Waals surface area (Å²) in [6.45, 7) is 1.74. The van der Waals surface area contributed by atoms with Gasteiger partial charge in [-0.3, -0.25) is 0 Å². The molecule has 2 aromatic carbocycles. The van der Waals surface area contributed by atoms with Gasteiger partial charge < -0.3 is 10.4 Å². The van der Waals surface area contributed by atoms with E-state index >= 15 is 0 Å². The minimum absolute atomic E-state index is 0.0196. The second-order valence-corrected chi connectivity index (χ2v) is 6.44. The van der Waals surface area contributed by atoms with E-state index in [9.17, 15) is 18.0 Å². The van der Waals surface area contributed by atoms with Gasteiger partial charge in [0, 0.05) is 5.69 Å². The van der Waals surface area contributed by atoms with Crippen LogP contribution in [-0.4, -0.2) is 25.5 Å². The van der Waals surface area contributed by atoms with Crippen molar-refractivity contribution < 1.29 is 23.1 Å². The normalized spacial score (nSPS) is 10.8. The van der Waals surface area contributed by atoms with Crippen LogP contribution in [0, 0.1) is 6.92 Å². The molecule has 0 saturated heterocycles. The minimum Gasteiger partial charge on any atom is -0.478 e. The molecule has 7 nitrogen and oxygen atoms in total. The number of amides is 2. The predicted molar refractivity (Wildman–Crippen MR) is 83.9 cm³/mol. The second-order valence-electron chi connectivity index (χ2n) is 4.76. The average molecular weight is 334 g/mol. The molecule has 2 amide bonds. The van der Waals surface area contributed by atoms with Crippen molar-refractivity contribution in [3.05, 3.63) is 59.7 Å². The summed E-state index contributed by atoms with van der Waals surface area (Å²) >= 11 is 0. The highest BCUT2D eigenvalue weighted by Crippen LogP contribution is 2.12. The SMILES string of the molecule is Cc1cccc(S(=O)(=O)NC(=O)Nc2ccc(C(=O)O)cc2)c1. The molecule has 0 aromatic heterocycles. The molecule has 0 heterocycles. The van der Waals surface area contributed by atoms with Gasteiger partial charge in [0.25, 0.3) is 10.0 Å². The molecule has 3 N–H and O–H groups in total. The summed E-state index contributed by atoms with van der Waals surface area (Å²) in [7, 11) is -3.98. The number of aromatic carboxylic acids is 1. The van der Waals surface area contributed by atoms with Crippen molar-refractivity contribution in [3.63, 3.8) is 0 Å². The van der Waals surface area contributed by atoms with E-state index in [4.69, 9.17) is 5.11 Å². The molecule has 0 unspecified atom stereocenters. The number of carboxylic acid groups (broad SMARTS) is 1. The van der Waals surface area contributed by atoms with E-state index in [0.29, 0.717) is 0 Å². The fraction of sp³-hybridized carbons (Fsp3) is 0.0667. The van der Waals surface area contributed by atoms with Gasteiger partial charge in [-0.2, -0.15) is 0 Å². The summed E-state index contributed by atoms with van der Waals surface area (Å²) in [5, 5.41) is 11.1. The van der Waals surface area contributed by atoms with Crippen molar-refractivity contribution in [2.75, 3.05) is 5.32 Å². The lowest BCUT2D eigenvalue weighted by atomic mass is 10.2. The highest BCUT2D eigenvalue weighted by Gasteiger charge is 2.17. The number of sulfonamides is 1. The number of hydrogen-bond acceptors (Lipinski definition) is 4. The number of anilines is 1. The quantitative estimate of drug-likeness (QED) is 0.793. The molecule has 2 rings (SSSR count). The Hall–Kier alpha value is -2.87. The molecule has 120 valence electrons. The van der Waals surface area contributed by atoms with Crippen molar-refractivity contribution in [1.82, 2.24) is 4.72 Å². The summed E-state index contributed by atoms with van der Waals surface area (Å²) in [6, 6.07) is 10.5. The molecule has 0 aliphatic heterocycles. The Bertz CT molecular complexity index is 844. The predicted octanol–water partition coefficient (Wildman–Crippen LogP) is 2.20. The highest BCUT2D eigenvalue weighted by molar-refractivity contribution is 7.90. The molecular formula is C15H14N2O5S. The fourth-order valence-electron chi connectivity index (χ4n) is 1.82. The Balaban J connectivity index is 2.08. The monoisotopic (exact) mass is 334 g/mol. The van der Waals surface area contributed by atoms with E-state index < -0.39 is 22.0 Å². The molecule has 0 radical (unpaired) electrons. The van der Waals surface area contributed by atoms with E-state index in [1.165, 1.54) is 36.4 Å². The molecule has 0 aliphatic rings. The maximum Gasteiger partial charge on any atom is 0.335 e. The van der Waals surface area contributed by atoms with Gasteiger partial charge in [-0.25, -0.2) is 22.7 Å². The van der Waals surface area contributed by atoms with Gasteiger partial charge in [-0.05, 0) is 48.9 Å². The van der Waals surface area contributed by atoms with E-state index in [2.05, 4.69) is 5.32 Å². The first-order valence-corrected chi connectivity index (χ1v) is 8.00. The summed E-state index contributed by atoms with van der Waals surface area (Å²) in [4.78, 5) is 22.5. The molecular weight excluding hydrogens is 320 g/mol. The van der Waals surface area contributed by atoms with Crippen LogP contribution < -0.4 is 10.0 Å². The Morgan fingerprint density at radius 3 is 2.26 bits per heavy atom. The summed E-state index contributed by atoms with van der Waals surface area (Å²) < 4.78 is 26.0. The maximum absolute atomic E-state index is 12.1. The van der Waals surface area contributed by atoms with Crippen molar-refractivity contribution in [1.29, 1.82) is 0 Å². The van der Waals surface area contributed by atoms with Crippen molar-refractivity contribution in [3.8, 4) is 0 Å². The lowest BCUT2D eigenvalue weighted by molar-refractivity contribution is 0.0697. The Labute approximate surface area is 133 Å². The first-order valence-electron chi connectivity index (χ1n) is 6.52. The topological polar surface area (TPSA) is 113 Å². The number of rotatable bonds is 4. The zero-order valence-electron chi connectivity index (χ0n) is 12.1. The number of aryl methyl sites for hydroxylation is 1. The Morgan fingerprint density at radius 2 is 1.70 bits per heavy atom. The second kappa shape index (κ2) is 6.49. The van der Waals surface area contributed by atoms with Crippen LogP contribution in [0.3, 0.4) is 0 Å². The molecule has 0 bridgehead atoms. The van der Waals surface area contributed by atoms with Gasteiger partial charge in [0.2, 0.25) is 0 Å². The van der Waals surface area contributed by atoms with E-state index in [-0.39, 0.29) is 16.1 Å². The number of carboxylic acids is 1. The lowest BCUT2D eigenvalue weighted by Gasteiger charge is -2.09. The standard InChI is InChI=1S/C15H14N2O5S/c1-10-3-2-4-13(9-10)23(21,22)17-15(20)16-12-7-5-11(6-8-12)14(18)19/h2-9H,1H3,(H,18,19)(H2,16,17,20). The third-order valence-electron chi connectivity index (χ3n) is 2.92. The summed E-state index contributed by atoms with van der Waals surface area (Å²) in [6.07, 6.45) is 0. The fourth-order valence-corrected chi connectivity index (χ4v) is 2.83. The number of hydrogen-bond donors (Lipinski definition) is 3. The van der Waals surface area contributed by atoms with Gasteiger partial charge in [-0.1, -0.05) is 12.1 Å². The molecule has 0 fully saturated rings.